The molecule has 5 rings (SSSR count). The number of sulfonamides is 1. The van der Waals surface area contributed by atoms with E-state index >= 15 is 0 Å². The molecule has 0 saturated carbocycles. The normalized spacial score (nSPS) is 15.2. The fourth-order valence-electron chi connectivity index (χ4n) is 4.59. The van der Waals surface area contributed by atoms with Crippen LogP contribution in [0.2, 0.25) is 0 Å². The molecular formula is C27H29FN6O3S. The Morgan fingerprint density at radius 1 is 1.08 bits per heavy atom. The molecule has 0 atom stereocenters. The molecule has 11 heteroatoms. The number of benzene rings is 2. The van der Waals surface area contributed by atoms with Crippen molar-refractivity contribution in [1.29, 1.82) is 0 Å². The van der Waals surface area contributed by atoms with E-state index in [4.69, 9.17) is 4.52 Å². The second-order valence-corrected chi connectivity index (χ2v) is 11.3. The minimum absolute atomic E-state index is 0.244. The van der Waals surface area contributed by atoms with Crippen molar-refractivity contribution in [3.05, 3.63) is 84.1 Å². The number of nitrogens with zero attached hydrogens (tertiary/aromatic N) is 5. The van der Waals surface area contributed by atoms with E-state index in [0.29, 0.717) is 37.0 Å². The van der Waals surface area contributed by atoms with Crippen molar-refractivity contribution in [2.24, 2.45) is 0 Å². The zero-order chi connectivity index (χ0) is 26.7. The van der Waals surface area contributed by atoms with Crippen LogP contribution in [0.4, 0.5) is 16.0 Å². The molecule has 2 aromatic heterocycles. The number of anilines is 2. The van der Waals surface area contributed by atoms with Gasteiger partial charge in [0, 0.05) is 49.2 Å². The second-order valence-electron chi connectivity index (χ2n) is 9.40. The smallest absolute Gasteiger partial charge is 0.243 e. The van der Waals surface area contributed by atoms with Gasteiger partial charge in [-0.15, -0.1) is 0 Å². The van der Waals surface area contributed by atoms with E-state index < -0.39 is 10.0 Å². The average molecular weight is 537 g/mol. The van der Waals surface area contributed by atoms with Crippen LogP contribution in [0.5, 0.6) is 0 Å². The maximum Gasteiger partial charge on any atom is 0.243 e. The third-order valence-corrected chi connectivity index (χ3v) is 8.59. The van der Waals surface area contributed by atoms with Crippen LogP contribution in [0.3, 0.4) is 0 Å². The lowest BCUT2D eigenvalue weighted by Gasteiger charge is -2.35. The summed E-state index contributed by atoms with van der Waals surface area (Å²) in [5.41, 5.74) is 2.94. The first-order chi connectivity index (χ1) is 18.3. The molecule has 1 saturated heterocycles. The predicted molar refractivity (Wildman–Crippen MR) is 142 cm³/mol. The summed E-state index contributed by atoms with van der Waals surface area (Å²) in [4.78, 5) is 11.2. The van der Waals surface area contributed by atoms with Crippen LogP contribution in [0, 0.1) is 12.7 Å². The van der Waals surface area contributed by atoms with Gasteiger partial charge in [-0.25, -0.2) is 22.8 Å². The number of rotatable bonds is 8. The molecule has 0 aliphatic carbocycles. The van der Waals surface area contributed by atoms with Crippen molar-refractivity contribution >= 4 is 21.7 Å². The van der Waals surface area contributed by atoms with Gasteiger partial charge in [0.15, 0.2) is 0 Å². The van der Waals surface area contributed by atoms with Gasteiger partial charge in [0.25, 0.3) is 0 Å². The first-order valence-corrected chi connectivity index (χ1v) is 13.8. The van der Waals surface area contributed by atoms with Gasteiger partial charge in [-0.3, -0.25) is 4.90 Å². The summed E-state index contributed by atoms with van der Waals surface area (Å²) in [5.74, 6) is 0.821. The molecule has 9 nitrogen and oxygen atoms in total. The Kier molecular flexibility index (Phi) is 7.50. The maximum absolute atomic E-state index is 13.3. The minimum Gasteiger partial charge on any atom is -0.361 e. The monoisotopic (exact) mass is 536 g/mol. The summed E-state index contributed by atoms with van der Waals surface area (Å²) in [6, 6.07) is 16.6. The third-order valence-electron chi connectivity index (χ3n) is 6.68. The number of nitrogens with one attached hydrogen (secondary N) is 1. The van der Waals surface area contributed by atoms with Gasteiger partial charge >= 0.3 is 0 Å². The first-order valence-electron chi connectivity index (χ1n) is 12.4. The summed E-state index contributed by atoms with van der Waals surface area (Å²) in [6.45, 7) is 3.45. The highest BCUT2D eigenvalue weighted by atomic mass is 32.2. The number of hydrogen-bond donors (Lipinski definition) is 1. The summed E-state index contributed by atoms with van der Waals surface area (Å²) < 4.78 is 46.5. The number of aryl methyl sites for hydroxylation is 1. The van der Waals surface area contributed by atoms with Crippen LogP contribution in [-0.2, 0) is 16.6 Å². The van der Waals surface area contributed by atoms with Gasteiger partial charge in [0.1, 0.15) is 11.6 Å². The minimum atomic E-state index is -3.60. The van der Waals surface area contributed by atoms with Crippen LogP contribution < -0.4 is 5.32 Å². The molecule has 1 fully saturated rings. The quantitative estimate of drug-likeness (QED) is 0.348. The highest BCUT2D eigenvalue weighted by molar-refractivity contribution is 7.89. The number of piperidine rings is 1. The van der Waals surface area contributed by atoms with Gasteiger partial charge in [-0.2, -0.15) is 4.31 Å². The SMILES string of the molecule is Cc1cc(CN(C)C2CCN(S(=O)(=O)c3ccc(Nc4nccc(-c5ccc(F)cc5)n4)cc3)CC2)no1. The van der Waals surface area contributed by atoms with E-state index in [0.717, 1.165) is 29.9 Å². The molecule has 1 aliphatic rings. The van der Waals surface area contributed by atoms with Crippen LogP contribution in [0.15, 0.2) is 76.3 Å². The molecule has 0 bridgehead atoms. The third kappa shape index (κ3) is 5.90. The number of halogens is 1. The van der Waals surface area contributed by atoms with Crippen LogP contribution in [0.25, 0.3) is 11.3 Å². The standard InChI is InChI=1S/C27H29FN6O3S/c1-19-17-23(32-37-19)18-33(2)24-12-15-34(16-13-24)38(35,36)25-9-7-22(8-10-25)30-27-29-14-11-26(31-27)20-3-5-21(28)6-4-20/h3-11,14,17,24H,12-13,15-16,18H2,1-2H3,(H,29,30,31). The molecule has 2 aromatic carbocycles. The molecule has 198 valence electrons. The zero-order valence-electron chi connectivity index (χ0n) is 21.2. The van der Waals surface area contributed by atoms with E-state index in [9.17, 15) is 12.8 Å². The highest BCUT2D eigenvalue weighted by Gasteiger charge is 2.31. The molecule has 0 radical (unpaired) electrons. The average Bonchev–Trinajstić information content (AvgIpc) is 3.34. The fourth-order valence-corrected chi connectivity index (χ4v) is 6.06. The molecular weight excluding hydrogens is 507 g/mol. The molecule has 1 aliphatic heterocycles. The Bertz CT molecular complexity index is 1480. The van der Waals surface area contributed by atoms with Crippen molar-refractivity contribution in [2.75, 3.05) is 25.5 Å². The molecule has 4 aromatic rings. The van der Waals surface area contributed by atoms with Crippen LogP contribution in [0.1, 0.15) is 24.3 Å². The highest BCUT2D eigenvalue weighted by Crippen LogP contribution is 2.26. The second kappa shape index (κ2) is 11.0. The number of hydrogen-bond acceptors (Lipinski definition) is 8. The molecule has 0 spiro atoms. The molecule has 38 heavy (non-hydrogen) atoms. The lowest BCUT2D eigenvalue weighted by molar-refractivity contribution is 0.159. The Morgan fingerprint density at radius 3 is 2.45 bits per heavy atom. The van der Waals surface area contributed by atoms with Crippen molar-refractivity contribution in [1.82, 2.24) is 24.3 Å². The lowest BCUT2D eigenvalue weighted by atomic mass is 10.1. The van der Waals surface area contributed by atoms with Crippen molar-refractivity contribution < 1.29 is 17.3 Å². The van der Waals surface area contributed by atoms with E-state index in [-0.39, 0.29) is 16.8 Å². The Balaban J connectivity index is 1.20. The molecule has 0 unspecified atom stereocenters. The predicted octanol–water partition coefficient (Wildman–Crippen LogP) is 4.61. The lowest BCUT2D eigenvalue weighted by Crippen LogP contribution is -2.45. The molecule has 0 amide bonds. The number of aromatic nitrogens is 3. The maximum atomic E-state index is 13.3. The van der Waals surface area contributed by atoms with Gasteiger partial charge in [-0.05, 0) is 81.4 Å². The van der Waals surface area contributed by atoms with E-state index in [1.807, 2.05) is 20.0 Å². The summed E-state index contributed by atoms with van der Waals surface area (Å²) in [5, 5.41) is 7.15. The Hall–Kier alpha value is -3.67. The molecule has 1 N–H and O–H groups in total. The van der Waals surface area contributed by atoms with E-state index in [2.05, 4.69) is 25.3 Å². The van der Waals surface area contributed by atoms with Gasteiger partial charge < -0.3 is 9.84 Å². The molecule has 3 heterocycles. The van der Waals surface area contributed by atoms with Crippen LogP contribution >= 0.6 is 0 Å². The first kappa shape index (κ1) is 26.0. The topological polar surface area (TPSA) is 104 Å². The van der Waals surface area contributed by atoms with Crippen molar-refractivity contribution in [3.8, 4) is 11.3 Å². The largest absolute Gasteiger partial charge is 0.361 e. The Labute approximate surface area is 221 Å². The summed E-state index contributed by atoms with van der Waals surface area (Å²) in [6.07, 6.45) is 3.10. The van der Waals surface area contributed by atoms with Gasteiger partial charge in [-0.1, -0.05) is 5.16 Å². The van der Waals surface area contributed by atoms with E-state index in [1.165, 1.54) is 12.1 Å². The van der Waals surface area contributed by atoms with Crippen molar-refractivity contribution in [3.63, 3.8) is 0 Å². The zero-order valence-corrected chi connectivity index (χ0v) is 22.0. The fraction of sp³-hybridized carbons (Fsp3) is 0.296. The van der Waals surface area contributed by atoms with Gasteiger partial charge in [0.2, 0.25) is 16.0 Å². The summed E-state index contributed by atoms with van der Waals surface area (Å²) >= 11 is 0. The van der Waals surface area contributed by atoms with Gasteiger partial charge in [0.05, 0.1) is 16.3 Å². The van der Waals surface area contributed by atoms with Crippen molar-refractivity contribution in [2.45, 2.75) is 37.2 Å². The Morgan fingerprint density at radius 2 is 1.79 bits per heavy atom. The van der Waals surface area contributed by atoms with Crippen LogP contribution in [-0.4, -0.2) is 58.9 Å². The van der Waals surface area contributed by atoms with E-state index in [1.54, 1.807) is 53.0 Å². The summed E-state index contributed by atoms with van der Waals surface area (Å²) in [7, 11) is -1.57.